The molecule has 1 saturated heterocycles. The zero-order chi connectivity index (χ0) is 23.0. The van der Waals surface area contributed by atoms with Crippen molar-refractivity contribution in [3.05, 3.63) is 58.4 Å². The van der Waals surface area contributed by atoms with Crippen LogP contribution in [0.25, 0.3) is 0 Å². The van der Waals surface area contributed by atoms with E-state index >= 15 is 4.39 Å². The van der Waals surface area contributed by atoms with E-state index in [1.54, 1.807) is 12.1 Å². The minimum Gasteiger partial charge on any atom is -0.493 e. The number of nitrogens with zero attached hydrogens (tertiary/aromatic N) is 1. The Bertz CT molecular complexity index is 1030. The fourth-order valence-electron chi connectivity index (χ4n) is 4.75. The SMILES string of the molecule is COc1cc2c(cc1OC)C(=O)C(CC1(F)CCN(Cc3ccc(F)c(F)c3F)CC1)C2. The van der Waals surface area contributed by atoms with E-state index < -0.39 is 29.0 Å². The maximum absolute atomic E-state index is 15.6. The van der Waals surface area contributed by atoms with Crippen LogP contribution in [0.3, 0.4) is 0 Å². The highest BCUT2D eigenvalue weighted by molar-refractivity contribution is 6.03. The van der Waals surface area contributed by atoms with Gasteiger partial charge >= 0.3 is 0 Å². The fraction of sp³-hybridized carbons (Fsp3) is 0.458. The van der Waals surface area contributed by atoms with Gasteiger partial charge in [-0.1, -0.05) is 6.07 Å². The molecule has 1 heterocycles. The van der Waals surface area contributed by atoms with Gasteiger partial charge in [-0.3, -0.25) is 9.69 Å². The third-order valence-electron chi connectivity index (χ3n) is 6.59. The highest BCUT2D eigenvalue weighted by Gasteiger charge is 2.42. The maximum atomic E-state index is 15.6. The summed E-state index contributed by atoms with van der Waals surface area (Å²) in [5, 5.41) is 0. The van der Waals surface area contributed by atoms with Crippen molar-refractivity contribution in [1.82, 2.24) is 4.90 Å². The number of benzene rings is 2. The monoisotopic (exact) mass is 451 g/mol. The van der Waals surface area contributed by atoms with Crippen LogP contribution in [0.5, 0.6) is 11.5 Å². The number of ketones is 1. The van der Waals surface area contributed by atoms with Gasteiger partial charge in [-0.15, -0.1) is 0 Å². The van der Waals surface area contributed by atoms with Crippen LogP contribution in [0, 0.1) is 23.4 Å². The Labute approximate surface area is 184 Å². The highest BCUT2D eigenvalue weighted by Crippen LogP contribution is 2.42. The molecule has 0 amide bonds. The molecule has 8 heteroatoms. The van der Waals surface area contributed by atoms with Crippen LogP contribution >= 0.6 is 0 Å². The van der Waals surface area contributed by atoms with Gasteiger partial charge in [0.1, 0.15) is 5.67 Å². The Hall–Kier alpha value is -2.61. The summed E-state index contributed by atoms with van der Waals surface area (Å²) in [5.41, 5.74) is -0.103. The van der Waals surface area contributed by atoms with Gasteiger partial charge in [0.2, 0.25) is 0 Å². The first-order valence-corrected chi connectivity index (χ1v) is 10.6. The Morgan fingerprint density at radius 3 is 2.34 bits per heavy atom. The van der Waals surface area contributed by atoms with Crippen LogP contribution in [0.2, 0.25) is 0 Å². The molecule has 2 aliphatic rings. The normalized spacial score (nSPS) is 20.3. The first kappa shape index (κ1) is 22.6. The van der Waals surface area contributed by atoms with E-state index in [4.69, 9.17) is 9.47 Å². The average molecular weight is 451 g/mol. The predicted octanol–water partition coefficient (Wildman–Crippen LogP) is 4.87. The van der Waals surface area contributed by atoms with Gasteiger partial charge in [0.15, 0.2) is 34.7 Å². The molecule has 0 saturated carbocycles. The van der Waals surface area contributed by atoms with Crippen LogP contribution < -0.4 is 9.47 Å². The van der Waals surface area contributed by atoms with Crippen LogP contribution in [0.1, 0.15) is 40.7 Å². The van der Waals surface area contributed by atoms with Gasteiger partial charge in [-0.25, -0.2) is 17.6 Å². The molecule has 1 atom stereocenters. The number of halogens is 4. The van der Waals surface area contributed by atoms with E-state index in [9.17, 15) is 18.0 Å². The van der Waals surface area contributed by atoms with Gasteiger partial charge in [0.05, 0.1) is 14.2 Å². The molecule has 1 fully saturated rings. The van der Waals surface area contributed by atoms with Crippen molar-refractivity contribution in [2.45, 2.75) is 37.9 Å². The number of Topliss-reactive ketones (excluding diaryl/α,β-unsaturated/α-hetero) is 1. The Balaban J connectivity index is 1.39. The summed E-state index contributed by atoms with van der Waals surface area (Å²) in [5.74, 6) is -3.48. The number of likely N-dealkylation sites (tertiary alicyclic amines) is 1. The standard InChI is InChI=1S/C24H25F4NO3/c1-31-19-10-15-9-16(23(30)17(15)11-20(19)32-2)12-24(28)5-7-29(8-6-24)13-14-3-4-18(25)22(27)21(14)26/h3-4,10-11,16H,5-9,12-13H2,1-2H3. The van der Waals surface area contributed by atoms with E-state index in [0.29, 0.717) is 36.6 Å². The second-order valence-corrected chi connectivity index (χ2v) is 8.60. The van der Waals surface area contributed by atoms with Crippen molar-refractivity contribution in [3.8, 4) is 11.5 Å². The molecule has 0 aromatic heterocycles. The summed E-state index contributed by atoms with van der Waals surface area (Å²) in [6.45, 7) is 0.751. The minimum absolute atomic E-state index is 0.0413. The van der Waals surface area contributed by atoms with Crippen molar-refractivity contribution in [2.24, 2.45) is 5.92 Å². The molecule has 0 N–H and O–H groups in total. The number of ether oxygens (including phenoxy) is 2. The number of rotatable bonds is 6. The summed E-state index contributed by atoms with van der Waals surface area (Å²) in [6, 6.07) is 5.53. The maximum Gasteiger partial charge on any atom is 0.194 e. The van der Waals surface area contributed by atoms with Gasteiger partial charge in [-0.2, -0.15) is 0 Å². The zero-order valence-electron chi connectivity index (χ0n) is 18.0. The van der Waals surface area contributed by atoms with Crippen molar-refractivity contribution in [1.29, 1.82) is 0 Å². The fourth-order valence-corrected chi connectivity index (χ4v) is 4.75. The number of carbonyl (C=O) groups is 1. The number of piperidine rings is 1. The largest absolute Gasteiger partial charge is 0.493 e. The van der Waals surface area contributed by atoms with Gasteiger partial charge < -0.3 is 9.47 Å². The molecule has 1 aliphatic heterocycles. The number of hydrogen-bond acceptors (Lipinski definition) is 4. The lowest BCUT2D eigenvalue weighted by molar-refractivity contribution is 0.0332. The summed E-state index contributed by atoms with van der Waals surface area (Å²) >= 11 is 0. The molecule has 1 unspecified atom stereocenters. The molecule has 0 bridgehead atoms. The van der Waals surface area contributed by atoms with Gasteiger partial charge in [-0.05, 0) is 49.4 Å². The Morgan fingerprint density at radius 1 is 1.03 bits per heavy atom. The lowest BCUT2D eigenvalue weighted by atomic mass is 9.82. The molecular formula is C24H25F4NO3. The lowest BCUT2D eigenvalue weighted by Crippen LogP contribution is -2.43. The van der Waals surface area contributed by atoms with E-state index in [-0.39, 0.29) is 37.2 Å². The Morgan fingerprint density at radius 2 is 1.69 bits per heavy atom. The third kappa shape index (κ3) is 4.20. The predicted molar refractivity (Wildman–Crippen MR) is 110 cm³/mol. The topological polar surface area (TPSA) is 38.8 Å². The molecule has 32 heavy (non-hydrogen) atoms. The van der Waals surface area contributed by atoms with Crippen LogP contribution in [-0.4, -0.2) is 43.7 Å². The summed E-state index contributed by atoms with van der Waals surface area (Å²) in [6.07, 6.45) is 0.929. The molecule has 4 rings (SSSR count). The summed E-state index contributed by atoms with van der Waals surface area (Å²) in [7, 11) is 3.02. The molecule has 1 aliphatic carbocycles. The smallest absolute Gasteiger partial charge is 0.194 e. The average Bonchev–Trinajstić information content (AvgIpc) is 3.08. The first-order valence-electron chi connectivity index (χ1n) is 10.6. The van der Waals surface area contributed by atoms with Gasteiger partial charge in [0.25, 0.3) is 0 Å². The molecule has 2 aromatic rings. The first-order chi connectivity index (χ1) is 15.2. The highest BCUT2D eigenvalue weighted by atomic mass is 19.2. The van der Waals surface area contributed by atoms with Crippen molar-refractivity contribution < 1.29 is 31.8 Å². The third-order valence-corrected chi connectivity index (χ3v) is 6.59. The van der Waals surface area contributed by atoms with E-state index in [2.05, 4.69) is 0 Å². The van der Waals surface area contributed by atoms with Crippen molar-refractivity contribution >= 4 is 5.78 Å². The number of methoxy groups -OCH3 is 2. The second-order valence-electron chi connectivity index (χ2n) is 8.60. The molecule has 4 nitrogen and oxygen atoms in total. The number of carbonyl (C=O) groups excluding carboxylic acids is 1. The van der Waals surface area contributed by atoms with Crippen LogP contribution in [0.15, 0.2) is 24.3 Å². The summed E-state index contributed by atoms with van der Waals surface area (Å²) < 4.78 is 66.7. The van der Waals surface area contributed by atoms with Crippen molar-refractivity contribution in [3.63, 3.8) is 0 Å². The van der Waals surface area contributed by atoms with E-state index in [0.717, 1.165) is 11.6 Å². The lowest BCUT2D eigenvalue weighted by Gasteiger charge is -2.37. The Kier molecular flexibility index (Phi) is 6.16. The molecule has 0 spiro atoms. The second kappa shape index (κ2) is 8.73. The molecule has 172 valence electrons. The van der Waals surface area contributed by atoms with Crippen molar-refractivity contribution in [2.75, 3.05) is 27.3 Å². The number of hydrogen-bond donors (Lipinski definition) is 0. The molecule has 0 radical (unpaired) electrons. The van der Waals surface area contributed by atoms with E-state index in [1.165, 1.54) is 20.3 Å². The quantitative estimate of drug-likeness (QED) is 0.464. The van der Waals surface area contributed by atoms with Gasteiger partial charge in [0, 0.05) is 36.7 Å². The number of alkyl halides is 1. The molecular weight excluding hydrogens is 426 g/mol. The number of fused-ring (bicyclic) bond motifs is 1. The van der Waals surface area contributed by atoms with Crippen LogP contribution in [-0.2, 0) is 13.0 Å². The van der Waals surface area contributed by atoms with E-state index in [1.807, 2.05) is 4.90 Å². The summed E-state index contributed by atoms with van der Waals surface area (Å²) in [4.78, 5) is 14.7. The minimum atomic E-state index is -1.51. The molecule has 2 aromatic carbocycles. The zero-order valence-corrected chi connectivity index (χ0v) is 18.0. The van der Waals surface area contributed by atoms with Crippen LogP contribution in [0.4, 0.5) is 17.6 Å².